The lowest BCUT2D eigenvalue weighted by Crippen LogP contribution is -2.14. The van der Waals surface area contributed by atoms with Crippen molar-refractivity contribution in [2.24, 2.45) is 5.73 Å². The van der Waals surface area contributed by atoms with Gasteiger partial charge in [0.25, 0.3) is 0 Å². The van der Waals surface area contributed by atoms with Crippen LogP contribution in [0.15, 0.2) is 27.2 Å². The third kappa shape index (κ3) is 2.53. The normalized spacial score (nSPS) is 12.4. The fourth-order valence-corrected chi connectivity index (χ4v) is 1.93. The van der Waals surface area contributed by atoms with Crippen LogP contribution in [0.1, 0.15) is 11.9 Å². The van der Waals surface area contributed by atoms with E-state index < -0.39 is 6.04 Å². The molecule has 0 fully saturated rings. The molecule has 18 heavy (non-hydrogen) atoms. The van der Waals surface area contributed by atoms with E-state index in [0.29, 0.717) is 5.82 Å². The van der Waals surface area contributed by atoms with Gasteiger partial charge >= 0.3 is 0 Å². The van der Waals surface area contributed by atoms with Gasteiger partial charge in [-0.15, -0.1) is 0 Å². The number of nitrogens with zero attached hydrogens (tertiary/aromatic N) is 2. The first-order valence-corrected chi connectivity index (χ1v) is 5.99. The first-order valence-electron chi connectivity index (χ1n) is 5.19. The number of halogens is 1. The molecule has 0 spiro atoms. The Balaban J connectivity index is 2.31. The molecule has 7 heteroatoms. The highest BCUT2D eigenvalue weighted by molar-refractivity contribution is 9.10. The quantitative estimate of drug-likeness (QED) is 0.888. The Hall–Kier alpha value is -1.44. The number of hydrogen-bond donors (Lipinski definition) is 2. The maximum Gasteiger partial charge on any atom is 0.246 e. The lowest BCUT2D eigenvalue weighted by Gasteiger charge is -2.03. The molecule has 1 unspecified atom stereocenters. The number of methoxy groups -OCH3 is 1. The molecule has 0 radical (unpaired) electrons. The van der Waals surface area contributed by atoms with Crippen LogP contribution in [0.2, 0.25) is 0 Å². The molecule has 3 N–H and O–H groups in total. The second kappa shape index (κ2) is 5.47. The predicted octanol–water partition coefficient (Wildman–Crippen LogP) is 1.50. The molecular weight excluding hydrogens is 302 g/mol. The lowest BCUT2D eigenvalue weighted by atomic mass is 10.2. The molecule has 1 aromatic carbocycles. The van der Waals surface area contributed by atoms with Gasteiger partial charge in [-0.3, -0.25) is 0 Å². The molecule has 0 aliphatic rings. The maximum atomic E-state index is 8.90. The number of rotatable bonds is 4. The average Bonchev–Trinajstić information content (AvgIpc) is 2.87. The van der Waals surface area contributed by atoms with Crippen LogP contribution >= 0.6 is 15.9 Å². The van der Waals surface area contributed by atoms with Crippen molar-refractivity contribution in [3.05, 3.63) is 28.6 Å². The number of ether oxygens (including phenoxy) is 1. The van der Waals surface area contributed by atoms with Gasteiger partial charge < -0.3 is 20.1 Å². The van der Waals surface area contributed by atoms with Crippen LogP contribution in [-0.2, 0) is 0 Å². The van der Waals surface area contributed by atoms with Crippen LogP contribution in [-0.4, -0.2) is 29.0 Å². The van der Waals surface area contributed by atoms with E-state index in [1.807, 2.05) is 12.1 Å². The molecule has 1 aromatic heterocycles. The molecule has 2 rings (SSSR count). The van der Waals surface area contributed by atoms with Gasteiger partial charge in [-0.1, -0.05) is 5.16 Å². The summed E-state index contributed by atoms with van der Waals surface area (Å²) in [4.78, 5) is 4.12. The van der Waals surface area contributed by atoms with Crippen molar-refractivity contribution in [3.8, 4) is 17.1 Å². The Labute approximate surface area is 112 Å². The third-order valence-corrected chi connectivity index (χ3v) is 2.99. The predicted molar refractivity (Wildman–Crippen MR) is 68.0 cm³/mol. The van der Waals surface area contributed by atoms with Gasteiger partial charge in [-0.25, -0.2) is 0 Å². The summed E-state index contributed by atoms with van der Waals surface area (Å²) in [6.07, 6.45) is 0. The van der Waals surface area contributed by atoms with Gasteiger partial charge in [0, 0.05) is 5.56 Å². The van der Waals surface area contributed by atoms with Gasteiger partial charge in [0.1, 0.15) is 11.8 Å². The highest BCUT2D eigenvalue weighted by Crippen LogP contribution is 2.29. The van der Waals surface area contributed by atoms with Gasteiger partial charge in [-0.2, -0.15) is 4.98 Å². The minimum Gasteiger partial charge on any atom is -0.496 e. The average molecular weight is 314 g/mol. The van der Waals surface area contributed by atoms with E-state index in [4.69, 9.17) is 20.1 Å². The summed E-state index contributed by atoms with van der Waals surface area (Å²) in [5, 5.41) is 12.7. The SMILES string of the molecule is COc1ccc(-c2noc(C(N)CO)n2)cc1Br. The van der Waals surface area contributed by atoms with E-state index in [2.05, 4.69) is 26.1 Å². The third-order valence-electron chi connectivity index (χ3n) is 2.37. The molecule has 0 bridgehead atoms. The van der Waals surface area contributed by atoms with Crippen molar-refractivity contribution < 1.29 is 14.4 Å². The minimum atomic E-state index is -0.659. The summed E-state index contributed by atoms with van der Waals surface area (Å²) in [7, 11) is 1.59. The fraction of sp³-hybridized carbons (Fsp3) is 0.273. The molecular formula is C11H12BrN3O3. The first kappa shape index (κ1) is 13.0. The Bertz CT molecular complexity index is 544. The number of hydrogen-bond acceptors (Lipinski definition) is 6. The Morgan fingerprint density at radius 3 is 2.94 bits per heavy atom. The summed E-state index contributed by atoms with van der Waals surface area (Å²) in [6.45, 7) is -0.242. The van der Waals surface area contributed by atoms with Crippen LogP contribution in [0.25, 0.3) is 11.4 Å². The number of aliphatic hydroxyl groups excluding tert-OH is 1. The highest BCUT2D eigenvalue weighted by Gasteiger charge is 2.15. The summed E-state index contributed by atoms with van der Waals surface area (Å²) in [5.74, 6) is 1.34. The molecule has 96 valence electrons. The van der Waals surface area contributed by atoms with Crippen molar-refractivity contribution in [3.63, 3.8) is 0 Å². The standard InChI is InChI=1S/C11H12BrN3O3/c1-17-9-3-2-6(4-7(9)12)10-14-11(18-15-10)8(13)5-16/h2-4,8,16H,5,13H2,1H3. The number of aromatic nitrogens is 2. The van der Waals surface area contributed by atoms with E-state index in [9.17, 15) is 0 Å². The van der Waals surface area contributed by atoms with Gasteiger partial charge in [0.2, 0.25) is 11.7 Å². The zero-order valence-electron chi connectivity index (χ0n) is 9.63. The van der Waals surface area contributed by atoms with E-state index in [1.165, 1.54) is 0 Å². The van der Waals surface area contributed by atoms with Crippen LogP contribution in [0, 0.1) is 0 Å². The summed E-state index contributed by atoms with van der Waals surface area (Å²) in [5.41, 5.74) is 6.35. The highest BCUT2D eigenvalue weighted by atomic mass is 79.9. The molecule has 0 saturated heterocycles. The van der Waals surface area contributed by atoms with E-state index >= 15 is 0 Å². The van der Waals surface area contributed by atoms with Crippen molar-refractivity contribution in [1.29, 1.82) is 0 Å². The molecule has 1 heterocycles. The van der Waals surface area contributed by atoms with Crippen molar-refractivity contribution in [2.45, 2.75) is 6.04 Å². The van der Waals surface area contributed by atoms with Crippen molar-refractivity contribution in [1.82, 2.24) is 10.1 Å². The molecule has 1 atom stereocenters. The number of nitrogens with two attached hydrogens (primary N) is 1. The monoisotopic (exact) mass is 313 g/mol. The second-order valence-corrected chi connectivity index (χ2v) is 4.45. The fourth-order valence-electron chi connectivity index (χ4n) is 1.39. The van der Waals surface area contributed by atoms with Crippen LogP contribution in [0.3, 0.4) is 0 Å². The topological polar surface area (TPSA) is 94.4 Å². The van der Waals surface area contributed by atoms with E-state index in [0.717, 1.165) is 15.8 Å². The zero-order chi connectivity index (χ0) is 13.1. The molecule has 0 aliphatic heterocycles. The van der Waals surface area contributed by atoms with Crippen LogP contribution < -0.4 is 10.5 Å². The zero-order valence-corrected chi connectivity index (χ0v) is 11.2. The summed E-state index contributed by atoms with van der Waals surface area (Å²) >= 11 is 3.38. The largest absolute Gasteiger partial charge is 0.496 e. The van der Waals surface area contributed by atoms with E-state index in [1.54, 1.807) is 13.2 Å². The van der Waals surface area contributed by atoms with Crippen LogP contribution in [0.4, 0.5) is 0 Å². The Morgan fingerprint density at radius 2 is 2.33 bits per heavy atom. The van der Waals surface area contributed by atoms with Gasteiger partial charge in [-0.05, 0) is 34.1 Å². The molecule has 0 amide bonds. The first-order chi connectivity index (χ1) is 8.65. The Morgan fingerprint density at radius 1 is 1.56 bits per heavy atom. The van der Waals surface area contributed by atoms with Crippen LogP contribution in [0.5, 0.6) is 5.75 Å². The Kier molecular flexibility index (Phi) is 3.95. The maximum absolute atomic E-state index is 8.90. The summed E-state index contributed by atoms with van der Waals surface area (Å²) in [6, 6.07) is 4.76. The second-order valence-electron chi connectivity index (χ2n) is 3.59. The lowest BCUT2D eigenvalue weighted by molar-refractivity contribution is 0.237. The summed E-state index contributed by atoms with van der Waals surface area (Å²) < 4.78 is 10.9. The molecule has 6 nitrogen and oxygen atoms in total. The smallest absolute Gasteiger partial charge is 0.246 e. The van der Waals surface area contributed by atoms with Gasteiger partial charge in [0.05, 0.1) is 18.2 Å². The number of aliphatic hydroxyl groups is 1. The van der Waals surface area contributed by atoms with E-state index in [-0.39, 0.29) is 12.5 Å². The van der Waals surface area contributed by atoms with Crippen molar-refractivity contribution >= 4 is 15.9 Å². The molecule has 0 aliphatic carbocycles. The van der Waals surface area contributed by atoms with Gasteiger partial charge in [0.15, 0.2) is 0 Å². The molecule has 2 aromatic rings. The van der Waals surface area contributed by atoms with Crippen molar-refractivity contribution in [2.75, 3.05) is 13.7 Å². The number of benzene rings is 1. The molecule has 0 saturated carbocycles. The minimum absolute atomic E-state index is 0.208.